The van der Waals surface area contributed by atoms with Crippen molar-refractivity contribution in [1.82, 2.24) is 15.1 Å². The van der Waals surface area contributed by atoms with Gasteiger partial charge in [0.1, 0.15) is 4.83 Å². The van der Waals surface area contributed by atoms with Crippen molar-refractivity contribution in [2.45, 2.75) is 13.5 Å². The number of hydrogen-bond acceptors (Lipinski definition) is 5. The summed E-state index contributed by atoms with van der Waals surface area (Å²) in [5, 5.41) is 11.7. The third-order valence-electron chi connectivity index (χ3n) is 4.66. The fourth-order valence-electron chi connectivity index (χ4n) is 3.09. The van der Waals surface area contributed by atoms with Crippen molar-refractivity contribution in [3.63, 3.8) is 0 Å². The standard InChI is InChI=1S/C22H19ClN4O3S/c1-13-18-11-19(31-21(18)27(26-13)17-5-3-4-15(23)10-17)20(28)24-12-14-6-8-16(9-7-14)25-22(29)30-2/h3-11H,12H2,1-2H3,(H,24,28)(H,25,29). The number of halogens is 1. The highest BCUT2D eigenvalue weighted by Gasteiger charge is 2.17. The molecule has 9 heteroatoms. The number of nitrogens with one attached hydrogen (secondary N) is 2. The second-order valence-corrected chi connectivity index (χ2v) is 8.27. The molecule has 4 rings (SSSR count). The predicted octanol–water partition coefficient (Wildman–Crippen LogP) is 5.16. The number of aromatic nitrogens is 2. The number of ether oxygens (including phenoxy) is 1. The van der Waals surface area contributed by atoms with E-state index in [4.69, 9.17) is 11.6 Å². The van der Waals surface area contributed by atoms with E-state index in [1.165, 1.54) is 18.4 Å². The van der Waals surface area contributed by atoms with Crippen LogP contribution in [0, 0.1) is 6.92 Å². The van der Waals surface area contributed by atoms with Crippen molar-refractivity contribution in [2.75, 3.05) is 12.4 Å². The van der Waals surface area contributed by atoms with Crippen LogP contribution in [-0.2, 0) is 11.3 Å². The largest absolute Gasteiger partial charge is 0.453 e. The highest BCUT2D eigenvalue weighted by Crippen LogP contribution is 2.31. The highest BCUT2D eigenvalue weighted by atomic mass is 35.5. The van der Waals surface area contributed by atoms with Gasteiger partial charge in [0, 0.05) is 22.6 Å². The quantitative estimate of drug-likeness (QED) is 0.436. The van der Waals surface area contributed by atoms with Gasteiger partial charge in [0.25, 0.3) is 5.91 Å². The average Bonchev–Trinajstić information content (AvgIpc) is 3.33. The smallest absolute Gasteiger partial charge is 0.411 e. The molecule has 0 bridgehead atoms. The second-order valence-electron chi connectivity index (χ2n) is 6.80. The number of aryl methyl sites for hydroxylation is 1. The summed E-state index contributed by atoms with van der Waals surface area (Å²) in [6.07, 6.45) is -0.530. The Hall–Kier alpha value is -3.36. The third kappa shape index (κ3) is 4.55. The number of carbonyl (C=O) groups excluding carboxylic acids is 2. The summed E-state index contributed by atoms with van der Waals surface area (Å²) in [6, 6.07) is 16.5. The van der Waals surface area contributed by atoms with Crippen LogP contribution in [0.25, 0.3) is 15.9 Å². The molecule has 158 valence electrons. The molecule has 0 spiro atoms. The summed E-state index contributed by atoms with van der Waals surface area (Å²) in [7, 11) is 1.31. The SMILES string of the molecule is COC(=O)Nc1ccc(CNC(=O)c2cc3c(C)nn(-c4cccc(Cl)c4)c3s2)cc1. The molecule has 0 atom stereocenters. The molecule has 2 aromatic heterocycles. The number of rotatable bonds is 5. The number of amides is 2. The first kappa shape index (κ1) is 20.9. The molecule has 0 fully saturated rings. The molecule has 31 heavy (non-hydrogen) atoms. The van der Waals surface area contributed by atoms with Gasteiger partial charge >= 0.3 is 6.09 Å². The van der Waals surface area contributed by atoms with E-state index < -0.39 is 6.09 Å². The van der Waals surface area contributed by atoms with Gasteiger partial charge in [-0.2, -0.15) is 5.10 Å². The zero-order valence-corrected chi connectivity index (χ0v) is 18.4. The van der Waals surface area contributed by atoms with Crippen LogP contribution in [0.4, 0.5) is 10.5 Å². The van der Waals surface area contributed by atoms with E-state index in [1.807, 2.05) is 54.1 Å². The van der Waals surface area contributed by atoms with Crippen LogP contribution in [0.2, 0.25) is 5.02 Å². The number of hydrogen-bond donors (Lipinski definition) is 2. The van der Waals surface area contributed by atoms with E-state index in [9.17, 15) is 9.59 Å². The minimum atomic E-state index is -0.530. The fourth-order valence-corrected chi connectivity index (χ4v) is 4.37. The third-order valence-corrected chi connectivity index (χ3v) is 6.00. The molecule has 0 unspecified atom stereocenters. The van der Waals surface area contributed by atoms with Gasteiger partial charge in [-0.3, -0.25) is 10.1 Å². The molecular formula is C22H19ClN4O3S. The number of anilines is 1. The van der Waals surface area contributed by atoms with Crippen LogP contribution < -0.4 is 10.6 Å². The fraction of sp³-hybridized carbons (Fsp3) is 0.136. The number of nitrogens with zero attached hydrogens (tertiary/aromatic N) is 2. The number of benzene rings is 2. The van der Waals surface area contributed by atoms with Crippen molar-refractivity contribution in [2.24, 2.45) is 0 Å². The Bertz CT molecular complexity index is 1260. The Morgan fingerprint density at radius 2 is 1.94 bits per heavy atom. The lowest BCUT2D eigenvalue weighted by Gasteiger charge is -2.06. The minimum Gasteiger partial charge on any atom is -0.453 e. The van der Waals surface area contributed by atoms with Gasteiger partial charge in [0.05, 0.1) is 23.4 Å². The monoisotopic (exact) mass is 454 g/mol. The molecule has 0 saturated carbocycles. The molecule has 0 radical (unpaired) electrons. The van der Waals surface area contributed by atoms with E-state index in [-0.39, 0.29) is 5.91 Å². The Balaban J connectivity index is 1.48. The highest BCUT2D eigenvalue weighted by molar-refractivity contribution is 7.20. The summed E-state index contributed by atoms with van der Waals surface area (Å²) in [5.74, 6) is -0.157. The number of methoxy groups -OCH3 is 1. The van der Waals surface area contributed by atoms with Crippen LogP contribution in [0.15, 0.2) is 54.6 Å². The van der Waals surface area contributed by atoms with Crippen molar-refractivity contribution < 1.29 is 14.3 Å². The molecule has 4 aromatic rings. The van der Waals surface area contributed by atoms with Crippen molar-refractivity contribution in [3.05, 3.63) is 75.8 Å². The first-order chi connectivity index (χ1) is 14.9. The Kier molecular flexibility index (Phi) is 5.92. The van der Waals surface area contributed by atoms with Crippen molar-refractivity contribution >= 4 is 50.8 Å². The lowest BCUT2D eigenvalue weighted by atomic mass is 10.2. The van der Waals surface area contributed by atoms with E-state index >= 15 is 0 Å². The summed E-state index contributed by atoms with van der Waals surface area (Å²) in [5.41, 5.74) is 3.22. The topological polar surface area (TPSA) is 85.2 Å². The van der Waals surface area contributed by atoms with Crippen LogP contribution in [-0.4, -0.2) is 28.9 Å². The van der Waals surface area contributed by atoms with E-state index in [0.717, 1.165) is 27.2 Å². The Morgan fingerprint density at radius 3 is 2.65 bits per heavy atom. The molecule has 0 aliphatic carbocycles. The molecule has 7 nitrogen and oxygen atoms in total. The maximum absolute atomic E-state index is 12.7. The second kappa shape index (κ2) is 8.79. The van der Waals surface area contributed by atoms with Crippen molar-refractivity contribution in [3.8, 4) is 5.69 Å². The van der Waals surface area contributed by atoms with E-state index in [1.54, 1.807) is 12.1 Å². The molecule has 2 N–H and O–H groups in total. The summed E-state index contributed by atoms with van der Waals surface area (Å²) >= 11 is 7.51. The van der Waals surface area contributed by atoms with E-state index in [2.05, 4.69) is 20.5 Å². The lowest BCUT2D eigenvalue weighted by Crippen LogP contribution is -2.21. The molecule has 0 aliphatic heterocycles. The Morgan fingerprint density at radius 1 is 1.16 bits per heavy atom. The van der Waals surface area contributed by atoms with Gasteiger partial charge in [-0.05, 0) is 48.9 Å². The number of thiophene rings is 1. The predicted molar refractivity (Wildman–Crippen MR) is 122 cm³/mol. The van der Waals surface area contributed by atoms with Gasteiger partial charge in [-0.15, -0.1) is 11.3 Å². The van der Waals surface area contributed by atoms with Crippen LogP contribution in [0.1, 0.15) is 20.9 Å². The summed E-state index contributed by atoms with van der Waals surface area (Å²) < 4.78 is 6.37. The molecule has 0 aliphatic rings. The molecular weight excluding hydrogens is 436 g/mol. The van der Waals surface area contributed by atoms with Gasteiger partial charge < -0.3 is 10.1 Å². The zero-order chi connectivity index (χ0) is 22.0. The Labute approximate surface area is 187 Å². The average molecular weight is 455 g/mol. The van der Waals surface area contributed by atoms with Crippen LogP contribution >= 0.6 is 22.9 Å². The van der Waals surface area contributed by atoms with Gasteiger partial charge in [-0.1, -0.05) is 29.8 Å². The lowest BCUT2D eigenvalue weighted by molar-refractivity contribution is 0.0955. The number of fused-ring (bicyclic) bond motifs is 1. The maximum atomic E-state index is 12.7. The molecule has 2 heterocycles. The van der Waals surface area contributed by atoms with Crippen LogP contribution in [0.3, 0.4) is 0 Å². The minimum absolute atomic E-state index is 0.157. The first-order valence-electron chi connectivity index (χ1n) is 9.42. The maximum Gasteiger partial charge on any atom is 0.411 e. The molecule has 2 amide bonds. The zero-order valence-electron chi connectivity index (χ0n) is 16.8. The normalized spacial score (nSPS) is 10.8. The molecule has 0 saturated heterocycles. The molecule has 2 aromatic carbocycles. The summed E-state index contributed by atoms with van der Waals surface area (Å²) in [4.78, 5) is 25.5. The first-order valence-corrected chi connectivity index (χ1v) is 10.6. The van der Waals surface area contributed by atoms with Gasteiger partial charge in [-0.25, -0.2) is 9.48 Å². The van der Waals surface area contributed by atoms with Gasteiger partial charge in [0.15, 0.2) is 0 Å². The van der Waals surface area contributed by atoms with Gasteiger partial charge in [0.2, 0.25) is 0 Å². The summed E-state index contributed by atoms with van der Waals surface area (Å²) in [6.45, 7) is 2.28. The van der Waals surface area contributed by atoms with Crippen LogP contribution in [0.5, 0.6) is 0 Å². The number of carbonyl (C=O) groups is 2. The van der Waals surface area contributed by atoms with E-state index in [0.29, 0.717) is 22.1 Å². The van der Waals surface area contributed by atoms with Crippen molar-refractivity contribution in [1.29, 1.82) is 0 Å².